The van der Waals surface area contributed by atoms with E-state index in [1.165, 1.54) is 0 Å². The molecule has 1 saturated carbocycles. The molecule has 3 rings (SSSR count). The third-order valence-corrected chi connectivity index (χ3v) is 4.95. The van der Waals surface area contributed by atoms with Crippen LogP contribution in [0.15, 0.2) is 24.3 Å². The summed E-state index contributed by atoms with van der Waals surface area (Å²) in [6.07, 6.45) is 3.64. The Hall–Kier alpha value is -1.92. The standard InChI is InChI=1S/C17H21ClN4O2/c1-11-16(17(24)19-13-8-6-12(10-23)7-9-13)20-21-22(11)15-5-3-2-4-14(15)18/h2-5,12-13,23H,6-10H2,1H3,(H,19,24). The fourth-order valence-electron chi connectivity index (χ4n) is 3.13. The number of rotatable bonds is 4. The second-order valence-corrected chi connectivity index (χ2v) is 6.67. The van der Waals surface area contributed by atoms with Crippen LogP contribution in [0.2, 0.25) is 5.02 Å². The number of carbonyl (C=O) groups is 1. The highest BCUT2D eigenvalue weighted by Gasteiger charge is 2.25. The van der Waals surface area contributed by atoms with Crippen LogP contribution in [0.1, 0.15) is 41.9 Å². The van der Waals surface area contributed by atoms with Crippen LogP contribution in [-0.4, -0.2) is 38.7 Å². The normalized spacial score (nSPS) is 20.8. The second-order valence-electron chi connectivity index (χ2n) is 6.26. The maximum atomic E-state index is 12.5. The molecule has 1 heterocycles. The molecule has 2 aromatic rings. The second kappa shape index (κ2) is 7.32. The zero-order chi connectivity index (χ0) is 17.1. The van der Waals surface area contributed by atoms with Gasteiger partial charge < -0.3 is 10.4 Å². The molecular weight excluding hydrogens is 328 g/mol. The van der Waals surface area contributed by atoms with Gasteiger partial charge in [-0.1, -0.05) is 28.9 Å². The highest BCUT2D eigenvalue weighted by molar-refractivity contribution is 6.32. The molecule has 128 valence electrons. The molecule has 6 nitrogen and oxygen atoms in total. The topological polar surface area (TPSA) is 80.0 Å². The van der Waals surface area contributed by atoms with Crippen molar-refractivity contribution in [1.29, 1.82) is 0 Å². The highest BCUT2D eigenvalue weighted by Crippen LogP contribution is 2.24. The number of aromatic nitrogens is 3. The molecule has 1 aromatic carbocycles. The molecule has 1 aliphatic carbocycles. The number of halogens is 1. The lowest BCUT2D eigenvalue weighted by Gasteiger charge is -2.27. The van der Waals surface area contributed by atoms with Gasteiger partial charge in [-0.3, -0.25) is 4.79 Å². The van der Waals surface area contributed by atoms with Gasteiger partial charge in [0.25, 0.3) is 5.91 Å². The summed E-state index contributed by atoms with van der Waals surface area (Å²) in [5.41, 5.74) is 1.68. The third-order valence-electron chi connectivity index (χ3n) is 4.63. The predicted octanol–water partition coefficient (Wildman–Crippen LogP) is 2.51. The van der Waals surface area contributed by atoms with E-state index >= 15 is 0 Å². The number of aliphatic hydroxyl groups is 1. The van der Waals surface area contributed by atoms with Crippen LogP contribution in [0, 0.1) is 12.8 Å². The molecule has 2 N–H and O–H groups in total. The van der Waals surface area contributed by atoms with E-state index in [1.54, 1.807) is 17.7 Å². The maximum absolute atomic E-state index is 12.5. The lowest BCUT2D eigenvalue weighted by atomic mass is 9.86. The summed E-state index contributed by atoms with van der Waals surface area (Å²) in [5, 5.41) is 20.9. The molecule has 1 fully saturated rings. The molecule has 0 spiro atoms. The van der Waals surface area contributed by atoms with Crippen molar-refractivity contribution in [2.24, 2.45) is 5.92 Å². The molecule has 24 heavy (non-hydrogen) atoms. The number of hydrogen-bond donors (Lipinski definition) is 2. The van der Waals surface area contributed by atoms with E-state index in [2.05, 4.69) is 15.6 Å². The highest BCUT2D eigenvalue weighted by atomic mass is 35.5. The van der Waals surface area contributed by atoms with E-state index in [-0.39, 0.29) is 18.6 Å². The minimum Gasteiger partial charge on any atom is -0.396 e. The van der Waals surface area contributed by atoms with E-state index in [4.69, 9.17) is 11.6 Å². The van der Waals surface area contributed by atoms with Crippen LogP contribution in [-0.2, 0) is 0 Å². The predicted molar refractivity (Wildman–Crippen MR) is 91.4 cm³/mol. The summed E-state index contributed by atoms with van der Waals surface area (Å²) < 4.78 is 1.58. The minimum atomic E-state index is -0.210. The summed E-state index contributed by atoms with van der Waals surface area (Å²) in [6, 6.07) is 7.44. The molecule has 7 heteroatoms. The molecular formula is C17H21ClN4O2. The number of hydrogen-bond acceptors (Lipinski definition) is 4. The van der Waals surface area contributed by atoms with Crippen molar-refractivity contribution < 1.29 is 9.90 Å². The van der Waals surface area contributed by atoms with Crippen molar-refractivity contribution in [2.45, 2.75) is 38.6 Å². The summed E-state index contributed by atoms with van der Waals surface area (Å²) in [6.45, 7) is 2.03. The number of amides is 1. The van der Waals surface area contributed by atoms with Gasteiger partial charge in [0, 0.05) is 12.6 Å². The van der Waals surface area contributed by atoms with Crippen LogP contribution in [0.4, 0.5) is 0 Å². The molecule has 0 bridgehead atoms. The molecule has 0 saturated heterocycles. The lowest BCUT2D eigenvalue weighted by Crippen LogP contribution is -2.38. The Labute approximate surface area is 145 Å². The zero-order valence-electron chi connectivity index (χ0n) is 13.6. The third kappa shape index (κ3) is 3.44. The largest absolute Gasteiger partial charge is 0.396 e. The Morgan fingerprint density at radius 1 is 1.33 bits per heavy atom. The first-order valence-electron chi connectivity index (χ1n) is 8.19. The van der Waals surface area contributed by atoms with Crippen molar-refractivity contribution in [2.75, 3.05) is 6.61 Å². The van der Waals surface area contributed by atoms with Crippen molar-refractivity contribution in [3.8, 4) is 5.69 Å². The molecule has 1 aliphatic rings. The van der Waals surface area contributed by atoms with Crippen molar-refractivity contribution in [1.82, 2.24) is 20.3 Å². The van der Waals surface area contributed by atoms with Crippen LogP contribution in [0.25, 0.3) is 5.69 Å². The van der Waals surface area contributed by atoms with E-state index in [9.17, 15) is 9.90 Å². The van der Waals surface area contributed by atoms with Gasteiger partial charge in [-0.15, -0.1) is 5.10 Å². The average molecular weight is 349 g/mol. The number of aliphatic hydroxyl groups excluding tert-OH is 1. The van der Waals surface area contributed by atoms with Gasteiger partial charge in [0.15, 0.2) is 5.69 Å². The van der Waals surface area contributed by atoms with Gasteiger partial charge >= 0.3 is 0 Å². The molecule has 1 amide bonds. The zero-order valence-corrected chi connectivity index (χ0v) is 14.3. The van der Waals surface area contributed by atoms with Crippen LogP contribution < -0.4 is 5.32 Å². The van der Waals surface area contributed by atoms with Crippen molar-refractivity contribution >= 4 is 17.5 Å². The van der Waals surface area contributed by atoms with Crippen LogP contribution in [0.3, 0.4) is 0 Å². The summed E-state index contributed by atoms with van der Waals surface area (Å²) in [5.74, 6) is 0.152. The van der Waals surface area contributed by atoms with Gasteiger partial charge in [-0.25, -0.2) is 4.68 Å². The van der Waals surface area contributed by atoms with Crippen molar-refractivity contribution in [3.05, 3.63) is 40.7 Å². The van der Waals surface area contributed by atoms with Crippen LogP contribution in [0.5, 0.6) is 0 Å². The van der Waals surface area contributed by atoms with Gasteiger partial charge in [-0.2, -0.15) is 0 Å². The Kier molecular flexibility index (Phi) is 5.16. The number of nitrogens with one attached hydrogen (secondary N) is 1. The van der Waals surface area contributed by atoms with Gasteiger partial charge in [0.1, 0.15) is 0 Å². The molecule has 0 aliphatic heterocycles. The van der Waals surface area contributed by atoms with E-state index in [0.29, 0.717) is 28.0 Å². The van der Waals surface area contributed by atoms with Crippen LogP contribution >= 0.6 is 11.6 Å². The molecule has 0 radical (unpaired) electrons. The van der Waals surface area contributed by atoms with Gasteiger partial charge in [0.05, 0.1) is 16.4 Å². The number of benzene rings is 1. The van der Waals surface area contributed by atoms with Gasteiger partial charge in [-0.05, 0) is 50.7 Å². The quantitative estimate of drug-likeness (QED) is 0.889. The summed E-state index contributed by atoms with van der Waals surface area (Å²) in [7, 11) is 0. The number of carbonyl (C=O) groups excluding carboxylic acids is 1. The first-order chi connectivity index (χ1) is 11.6. The smallest absolute Gasteiger partial charge is 0.273 e. The number of nitrogens with zero attached hydrogens (tertiary/aromatic N) is 3. The minimum absolute atomic E-state index is 0.130. The Balaban J connectivity index is 1.72. The number of para-hydroxylation sites is 1. The monoisotopic (exact) mass is 348 g/mol. The lowest BCUT2D eigenvalue weighted by molar-refractivity contribution is 0.0908. The first kappa shape index (κ1) is 16.9. The molecule has 1 aromatic heterocycles. The fourth-order valence-corrected chi connectivity index (χ4v) is 3.35. The van der Waals surface area contributed by atoms with E-state index in [1.807, 2.05) is 18.2 Å². The SMILES string of the molecule is Cc1c(C(=O)NC2CCC(CO)CC2)nnn1-c1ccccc1Cl. The summed E-state index contributed by atoms with van der Waals surface area (Å²) >= 11 is 6.19. The average Bonchev–Trinajstić information content (AvgIpc) is 2.97. The summed E-state index contributed by atoms with van der Waals surface area (Å²) in [4.78, 5) is 12.5. The Morgan fingerprint density at radius 3 is 2.71 bits per heavy atom. The first-order valence-corrected chi connectivity index (χ1v) is 8.57. The van der Waals surface area contributed by atoms with Gasteiger partial charge in [0.2, 0.25) is 0 Å². The maximum Gasteiger partial charge on any atom is 0.273 e. The molecule has 0 atom stereocenters. The van der Waals surface area contributed by atoms with E-state index in [0.717, 1.165) is 25.7 Å². The fraction of sp³-hybridized carbons (Fsp3) is 0.471. The Bertz CT molecular complexity index is 723. The van der Waals surface area contributed by atoms with Crippen molar-refractivity contribution in [3.63, 3.8) is 0 Å². The molecule has 0 unspecified atom stereocenters. The van der Waals surface area contributed by atoms with E-state index < -0.39 is 0 Å². The Morgan fingerprint density at radius 2 is 2.04 bits per heavy atom.